The van der Waals surface area contributed by atoms with E-state index in [2.05, 4.69) is 10.6 Å². The number of anilines is 1. The van der Waals surface area contributed by atoms with Crippen molar-refractivity contribution in [2.45, 2.75) is 45.1 Å². The van der Waals surface area contributed by atoms with Crippen LogP contribution in [0.4, 0.5) is 5.00 Å². The van der Waals surface area contributed by atoms with Crippen molar-refractivity contribution < 1.29 is 14.3 Å². The molecule has 1 aliphatic rings. The fourth-order valence-electron chi connectivity index (χ4n) is 3.25. The average molecular weight is 486 g/mol. The summed E-state index contributed by atoms with van der Waals surface area (Å²) in [6, 6.07) is 4.73. The van der Waals surface area contributed by atoms with Gasteiger partial charge in [0, 0.05) is 9.90 Å². The lowest BCUT2D eigenvalue weighted by Gasteiger charge is -2.16. The molecule has 0 radical (unpaired) electrons. The Morgan fingerprint density at radius 2 is 1.97 bits per heavy atom. The summed E-state index contributed by atoms with van der Waals surface area (Å²) in [4.78, 5) is 25.7. The van der Waals surface area contributed by atoms with E-state index in [1.54, 1.807) is 19.1 Å². The summed E-state index contributed by atoms with van der Waals surface area (Å²) in [7, 11) is 0. The minimum Gasteiger partial charge on any atom is -0.479 e. The number of primary amides is 1. The van der Waals surface area contributed by atoms with Crippen molar-refractivity contribution in [1.29, 1.82) is 0 Å². The van der Waals surface area contributed by atoms with E-state index in [4.69, 9.17) is 45.9 Å². The molecule has 0 saturated carbocycles. The molecule has 0 aliphatic heterocycles. The van der Waals surface area contributed by atoms with Crippen molar-refractivity contribution in [3.05, 3.63) is 44.2 Å². The van der Waals surface area contributed by atoms with E-state index in [0.717, 1.165) is 42.5 Å². The SMILES string of the molecule is CC(Oc1ccc(Cl)cc1Cl)C(=O)NC(=S)Nc1sc2c(c1C(N)=O)CCCCC2. The molecule has 1 aromatic heterocycles. The molecule has 1 atom stereocenters. The van der Waals surface area contributed by atoms with Crippen LogP contribution in [0.3, 0.4) is 0 Å². The van der Waals surface area contributed by atoms with Gasteiger partial charge in [0.25, 0.3) is 11.8 Å². The third kappa shape index (κ3) is 5.43. The molecule has 1 heterocycles. The summed E-state index contributed by atoms with van der Waals surface area (Å²) < 4.78 is 5.59. The zero-order chi connectivity index (χ0) is 21.8. The fourth-order valence-corrected chi connectivity index (χ4v) is 5.27. The number of benzene rings is 1. The maximum atomic E-state index is 12.5. The molecule has 160 valence electrons. The molecule has 0 bridgehead atoms. The molecule has 1 aromatic carbocycles. The van der Waals surface area contributed by atoms with Crippen LogP contribution >= 0.6 is 46.8 Å². The number of carbonyl (C=O) groups is 2. The van der Waals surface area contributed by atoms with E-state index in [0.29, 0.717) is 26.4 Å². The zero-order valence-corrected chi connectivity index (χ0v) is 19.4. The Hall–Kier alpha value is -1.87. The van der Waals surface area contributed by atoms with Gasteiger partial charge in [0.1, 0.15) is 10.8 Å². The van der Waals surface area contributed by atoms with E-state index >= 15 is 0 Å². The topological polar surface area (TPSA) is 93.4 Å². The van der Waals surface area contributed by atoms with Crippen LogP contribution in [0, 0.1) is 0 Å². The first-order chi connectivity index (χ1) is 14.3. The van der Waals surface area contributed by atoms with Crippen molar-refractivity contribution >= 4 is 68.7 Å². The lowest BCUT2D eigenvalue weighted by atomic mass is 10.1. The number of hydrogen-bond acceptors (Lipinski definition) is 5. The number of thiocarbonyl (C=S) groups is 1. The number of hydrogen-bond donors (Lipinski definition) is 3. The van der Waals surface area contributed by atoms with Crippen LogP contribution in [-0.4, -0.2) is 23.0 Å². The van der Waals surface area contributed by atoms with Crippen LogP contribution < -0.4 is 21.1 Å². The van der Waals surface area contributed by atoms with Crippen LogP contribution in [-0.2, 0) is 17.6 Å². The predicted octanol–water partition coefficient (Wildman–Crippen LogP) is 4.70. The van der Waals surface area contributed by atoms with Gasteiger partial charge < -0.3 is 15.8 Å². The Kier molecular flexibility index (Phi) is 7.57. The van der Waals surface area contributed by atoms with Crippen LogP contribution in [0.25, 0.3) is 0 Å². The second-order valence-electron chi connectivity index (χ2n) is 6.91. The molecule has 0 fully saturated rings. The maximum Gasteiger partial charge on any atom is 0.266 e. The van der Waals surface area contributed by atoms with Gasteiger partial charge in [0.05, 0.1) is 10.6 Å². The van der Waals surface area contributed by atoms with Crippen LogP contribution in [0.2, 0.25) is 10.0 Å². The molecule has 6 nitrogen and oxygen atoms in total. The van der Waals surface area contributed by atoms with E-state index in [-0.39, 0.29) is 5.11 Å². The third-order valence-electron chi connectivity index (χ3n) is 4.70. The highest BCUT2D eigenvalue weighted by atomic mass is 35.5. The fraction of sp³-hybridized carbons (Fsp3) is 0.350. The van der Waals surface area contributed by atoms with Gasteiger partial charge in [0.15, 0.2) is 11.2 Å². The van der Waals surface area contributed by atoms with Crippen LogP contribution in [0.1, 0.15) is 47.0 Å². The van der Waals surface area contributed by atoms with Gasteiger partial charge in [0.2, 0.25) is 0 Å². The molecule has 1 unspecified atom stereocenters. The molecule has 3 rings (SSSR count). The Morgan fingerprint density at radius 3 is 2.67 bits per heavy atom. The molecule has 4 N–H and O–H groups in total. The first-order valence-electron chi connectivity index (χ1n) is 9.44. The van der Waals surface area contributed by atoms with Gasteiger partial charge in [-0.25, -0.2) is 0 Å². The van der Waals surface area contributed by atoms with E-state index < -0.39 is 17.9 Å². The van der Waals surface area contributed by atoms with Gasteiger partial charge in [-0.15, -0.1) is 11.3 Å². The number of fused-ring (bicyclic) bond motifs is 1. The Bertz CT molecular complexity index is 994. The second-order valence-corrected chi connectivity index (χ2v) is 9.27. The molecule has 2 aromatic rings. The lowest BCUT2D eigenvalue weighted by Crippen LogP contribution is -2.42. The van der Waals surface area contributed by atoms with Crippen molar-refractivity contribution in [3.8, 4) is 5.75 Å². The Morgan fingerprint density at radius 1 is 1.23 bits per heavy atom. The molecular weight excluding hydrogens is 465 g/mol. The highest BCUT2D eigenvalue weighted by molar-refractivity contribution is 7.80. The monoisotopic (exact) mass is 485 g/mol. The number of amides is 2. The van der Waals surface area contributed by atoms with Gasteiger partial charge in [-0.2, -0.15) is 0 Å². The van der Waals surface area contributed by atoms with Gasteiger partial charge in [-0.1, -0.05) is 29.6 Å². The molecule has 30 heavy (non-hydrogen) atoms. The molecule has 2 amide bonds. The van der Waals surface area contributed by atoms with Crippen molar-refractivity contribution in [1.82, 2.24) is 5.32 Å². The number of nitrogens with one attached hydrogen (secondary N) is 2. The molecular formula is C20H21Cl2N3O3S2. The summed E-state index contributed by atoms with van der Waals surface area (Å²) >= 11 is 18.7. The number of aryl methyl sites for hydroxylation is 1. The van der Waals surface area contributed by atoms with Crippen LogP contribution in [0.15, 0.2) is 18.2 Å². The quantitative estimate of drug-likeness (QED) is 0.421. The van der Waals surface area contributed by atoms with Gasteiger partial charge >= 0.3 is 0 Å². The average Bonchev–Trinajstić information content (AvgIpc) is 2.84. The summed E-state index contributed by atoms with van der Waals surface area (Å²) in [6.45, 7) is 1.57. The highest BCUT2D eigenvalue weighted by Crippen LogP contribution is 2.37. The molecule has 0 saturated heterocycles. The largest absolute Gasteiger partial charge is 0.479 e. The zero-order valence-electron chi connectivity index (χ0n) is 16.2. The van der Waals surface area contributed by atoms with Crippen LogP contribution in [0.5, 0.6) is 5.75 Å². The number of thiophene rings is 1. The number of rotatable bonds is 5. The van der Waals surface area contributed by atoms with Crippen molar-refractivity contribution in [2.75, 3.05) is 5.32 Å². The predicted molar refractivity (Wildman–Crippen MR) is 125 cm³/mol. The van der Waals surface area contributed by atoms with Gasteiger partial charge in [-0.05, 0) is 68.6 Å². The highest BCUT2D eigenvalue weighted by Gasteiger charge is 2.24. The Labute approximate surface area is 194 Å². The summed E-state index contributed by atoms with van der Waals surface area (Å²) in [5.74, 6) is -0.627. The second kappa shape index (κ2) is 9.96. The number of ether oxygens (including phenoxy) is 1. The minimum atomic E-state index is -0.862. The van der Waals surface area contributed by atoms with E-state index in [1.807, 2.05) is 0 Å². The van der Waals surface area contributed by atoms with E-state index in [9.17, 15) is 9.59 Å². The summed E-state index contributed by atoms with van der Waals surface area (Å²) in [5.41, 5.74) is 7.08. The lowest BCUT2D eigenvalue weighted by molar-refractivity contribution is -0.125. The molecule has 10 heteroatoms. The number of nitrogens with two attached hydrogens (primary N) is 1. The van der Waals surface area contributed by atoms with Gasteiger partial charge in [-0.3, -0.25) is 14.9 Å². The van der Waals surface area contributed by atoms with Crippen molar-refractivity contribution in [3.63, 3.8) is 0 Å². The molecule has 1 aliphatic carbocycles. The standard InChI is InChI=1S/C20H21Cl2N3O3S2/c1-10(28-14-8-7-11(21)9-13(14)22)18(27)24-20(29)25-19-16(17(23)26)12-5-3-2-4-6-15(12)30-19/h7-10H,2-6H2,1H3,(H2,23,26)(H2,24,25,27,29). The minimum absolute atomic E-state index is 0.0663. The smallest absolute Gasteiger partial charge is 0.266 e. The third-order valence-corrected chi connectivity index (χ3v) is 6.64. The van der Waals surface area contributed by atoms with E-state index in [1.165, 1.54) is 17.4 Å². The first kappa shape index (κ1) is 22.8. The van der Waals surface area contributed by atoms with Crippen molar-refractivity contribution in [2.24, 2.45) is 5.73 Å². The maximum absolute atomic E-state index is 12.5. The summed E-state index contributed by atoms with van der Waals surface area (Å²) in [6.07, 6.45) is 4.10. The number of carbonyl (C=O) groups excluding carboxylic acids is 2. The molecule has 0 spiro atoms. The first-order valence-corrected chi connectivity index (χ1v) is 11.4. The number of halogens is 2. The normalized spacial score (nSPS) is 14.2. The Balaban J connectivity index is 1.66. The summed E-state index contributed by atoms with van der Waals surface area (Å²) in [5, 5.41) is 6.93.